The summed E-state index contributed by atoms with van der Waals surface area (Å²) in [7, 11) is 0. The van der Waals surface area contributed by atoms with Crippen LogP contribution in [-0.4, -0.2) is 26.7 Å². The van der Waals surface area contributed by atoms with E-state index in [1.165, 1.54) is 11.3 Å². The van der Waals surface area contributed by atoms with Crippen LogP contribution in [0.1, 0.15) is 72.8 Å². The Morgan fingerprint density at radius 1 is 1.30 bits per heavy atom. The number of hydrogen-bond donors (Lipinski definition) is 1. The van der Waals surface area contributed by atoms with Gasteiger partial charge in [-0.3, -0.25) is 14.5 Å². The predicted molar refractivity (Wildman–Crippen MR) is 108 cm³/mol. The van der Waals surface area contributed by atoms with Gasteiger partial charge >= 0.3 is 0 Å². The van der Waals surface area contributed by atoms with Crippen LogP contribution < -0.4 is 5.32 Å². The Balaban J connectivity index is 1.52. The van der Waals surface area contributed by atoms with Crippen LogP contribution in [0.2, 0.25) is 5.02 Å². The summed E-state index contributed by atoms with van der Waals surface area (Å²) in [5, 5.41) is 8.40. The number of amides is 1. The minimum Gasteiger partial charge on any atom is -0.349 e. The lowest BCUT2D eigenvalue weighted by Crippen LogP contribution is -2.38. The van der Waals surface area contributed by atoms with E-state index in [0.717, 1.165) is 32.2 Å². The number of nitrogens with one attached hydrogen (secondary N) is 1. The largest absolute Gasteiger partial charge is 0.349 e. The molecule has 0 radical (unpaired) electrons. The molecular weight excluding hydrogens is 360 g/mol. The van der Waals surface area contributed by atoms with Crippen molar-refractivity contribution in [3.63, 3.8) is 0 Å². The number of aromatic nitrogens is 3. The highest BCUT2D eigenvalue weighted by Crippen LogP contribution is 2.27. The Morgan fingerprint density at radius 2 is 2.00 bits per heavy atom. The fourth-order valence-electron chi connectivity index (χ4n) is 3.95. The van der Waals surface area contributed by atoms with Crippen LogP contribution in [0, 0.1) is 19.8 Å². The molecule has 5 nitrogen and oxygen atoms in total. The number of halogens is 1. The molecule has 1 fully saturated rings. The molecule has 1 N–H and O–H groups in total. The van der Waals surface area contributed by atoms with Crippen LogP contribution in [0.4, 0.5) is 0 Å². The highest BCUT2D eigenvalue weighted by Gasteiger charge is 2.24. The van der Waals surface area contributed by atoms with Crippen LogP contribution in [0.5, 0.6) is 0 Å². The summed E-state index contributed by atoms with van der Waals surface area (Å²) in [6, 6.07) is 1.91. The van der Waals surface area contributed by atoms with E-state index in [4.69, 9.17) is 16.7 Å². The molecule has 1 amide bonds. The van der Waals surface area contributed by atoms with Crippen LogP contribution in [0.3, 0.4) is 0 Å². The van der Waals surface area contributed by atoms with Gasteiger partial charge in [-0.05, 0) is 63.0 Å². The third-order valence-corrected chi connectivity index (χ3v) is 5.66. The van der Waals surface area contributed by atoms with E-state index in [9.17, 15) is 4.79 Å². The molecule has 0 aromatic carbocycles. The first-order chi connectivity index (χ1) is 12.8. The van der Waals surface area contributed by atoms with Crippen molar-refractivity contribution in [2.75, 3.05) is 0 Å². The van der Waals surface area contributed by atoms with E-state index >= 15 is 0 Å². The van der Waals surface area contributed by atoms with Crippen LogP contribution in [0.15, 0.2) is 18.5 Å². The van der Waals surface area contributed by atoms with E-state index in [1.807, 2.05) is 6.92 Å². The number of hydrogen-bond acceptors (Lipinski definition) is 3. The number of pyridine rings is 1. The first-order valence-electron chi connectivity index (χ1n) is 9.80. The summed E-state index contributed by atoms with van der Waals surface area (Å²) in [5.74, 6) is 1.00. The van der Waals surface area contributed by atoms with Crippen LogP contribution in [0.25, 0.3) is 0 Å². The lowest BCUT2D eigenvalue weighted by molar-refractivity contribution is 0.0919. The second kappa shape index (κ2) is 8.42. The molecule has 0 unspecified atom stereocenters. The summed E-state index contributed by atoms with van der Waals surface area (Å²) < 4.78 is 2.11. The maximum atomic E-state index is 12.5. The quantitative estimate of drug-likeness (QED) is 0.810. The van der Waals surface area contributed by atoms with Gasteiger partial charge in [-0.1, -0.05) is 25.4 Å². The number of aryl methyl sites for hydroxylation is 2. The number of carbonyl (C=O) groups is 1. The summed E-state index contributed by atoms with van der Waals surface area (Å²) in [5.41, 5.74) is 3.75. The van der Waals surface area contributed by atoms with Gasteiger partial charge < -0.3 is 5.32 Å². The molecule has 0 bridgehead atoms. The lowest BCUT2D eigenvalue weighted by atomic mass is 9.86. The van der Waals surface area contributed by atoms with Gasteiger partial charge in [-0.15, -0.1) is 0 Å². The van der Waals surface area contributed by atoms with Crippen molar-refractivity contribution in [3.8, 4) is 0 Å². The zero-order chi connectivity index (χ0) is 19.6. The standard InChI is InChI=1S/C21H29ClN4O/c1-13(2)20-14(3)11-26(25-20)12-16-5-7-18(8-6-16)24-21(27)19-9-17(22)10-23-15(19)4/h9-11,13,16,18H,5-8,12H2,1-4H3,(H,24,27). The Hall–Kier alpha value is -1.88. The van der Waals surface area contributed by atoms with E-state index in [0.29, 0.717) is 28.1 Å². The minimum absolute atomic E-state index is 0.0739. The Labute approximate surface area is 166 Å². The van der Waals surface area contributed by atoms with Crippen molar-refractivity contribution in [1.82, 2.24) is 20.1 Å². The Kier molecular flexibility index (Phi) is 6.20. The highest BCUT2D eigenvalue weighted by molar-refractivity contribution is 6.30. The molecule has 1 aliphatic rings. The Morgan fingerprint density at radius 3 is 2.63 bits per heavy atom. The third kappa shape index (κ3) is 4.89. The number of nitrogens with zero attached hydrogens (tertiary/aromatic N) is 3. The van der Waals surface area contributed by atoms with Crippen molar-refractivity contribution in [2.24, 2.45) is 5.92 Å². The van der Waals surface area contributed by atoms with Crippen molar-refractivity contribution in [3.05, 3.63) is 46.0 Å². The van der Waals surface area contributed by atoms with Crippen molar-refractivity contribution < 1.29 is 4.79 Å². The molecule has 1 saturated carbocycles. The molecule has 0 spiro atoms. The lowest BCUT2D eigenvalue weighted by Gasteiger charge is -2.29. The van der Waals surface area contributed by atoms with E-state index in [1.54, 1.807) is 12.3 Å². The number of rotatable bonds is 5. The molecule has 2 aromatic rings. The minimum atomic E-state index is -0.0739. The van der Waals surface area contributed by atoms with Crippen molar-refractivity contribution in [2.45, 2.75) is 71.9 Å². The molecule has 27 heavy (non-hydrogen) atoms. The summed E-state index contributed by atoms with van der Waals surface area (Å²) in [6.07, 6.45) is 7.95. The predicted octanol–water partition coefficient (Wildman–Crippen LogP) is 4.66. The smallest absolute Gasteiger partial charge is 0.253 e. The zero-order valence-electron chi connectivity index (χ0n) is 16.6. The van der Waals surface area contributed by atoms with E-state index < -0.39 is 0 Å². The van der Waals surface area contributed by atoms with Gasteiger partial charge in [0.15, 0.2) is 0 Å². The second-order valence-electron chi connectivity index (χ2n) is 8.05. The molecule has 2 aromatic heterocycles. The van der Waals surface area contributed by atoms with Gasteiger partial charge in [0.2, 0.25) is 0 Å². The topological polar surface area (TPSA) is 59.8 Å². The fraction of sp³-hybridized carbons (Fsp3) is 0.571. The summed E-state index contributed by atoms with van der Waals surface area (Å²) >= 11 is 5.98. The molecule has 0 atom stereocenters. The van der Waals surface area contributed by atoms with Crippen LogP contribution in [-0.2, 0) is 6.54 Å². The van der Waals surface area contributed by atoms with Crippen molar-refractivity contribution in [1.29, 1.82) is 0 Å². The monoisotopic (exact) mass is 388 g/mol. The average molecular weight is 389 g/mol. The SMILES string of the molecule is Cc1cn(CC2CCC(NC(=O)c3cc(Cl)cnc3C)CC2)nc1C(C)C. The maximum absolute atomic E-state index is 12.5. The fourth-order valence-corrected chi connectivity index (χ4v) is 4.11. The highest BCUT2D eigenvalue weighted by atomic mass is 35.5. The number of carbonyl (C=O) groups excluding carboxylic acids is 1. The molecule has 0 saturated heterocycles. The van der Waals surface area contributed by atoms with E-state index in [2.05, 4.69) is 42.0 Å². The Bertz CT molecular complexity index is 807. The second-order valence-corrected chi connectivity index (χ2v) is 8.49. The van der Waals surface area contributed by atoms with Gasteiger partial charge in [0.05, 0.1) is 22.0 Å². The average Bonchev–Trinajstić information content (AvgIpc) is 2.99. The molecular formula is C21H29ClN4O. The zero-order valence-corrected chi connectivity index (χ0v) is 17.4. The molecule has 6 heteroatoms. The van der Waals surface area contributed by atoms with Gasteiger partial charge in [0.1, 0.15) is 0 Å². The van der Waals surface area contributed by atoms with Crippen LogP contribution >= 0.6 is 11.6 Å². The van der Waals surface area contributed by atoms with Gasteiger partial charge in [0.25, 0.3) is 5.91 Å². The molecule has 1 aliphatic carbocycles. The van der Waals surface area contributed by atoms with Crippen molar-refractivity contribution >= 4 is 17.5 Å². The molecule has 0 aliphatic heterocycles. The van der Waals surface area contributed by atoms with Gasteiger partial charge in [0, 0.05) is 25.0 Å². The molecule has 3 rings (SSSR count). The first kappa shape index (κ1) is 19.9. The van der Waals surface area contributed by atoms with E-state index in [-0.39, 0.29) is 11.9 Å². The first-order valence-corrected chi connectivity index (χ1v) is 10.2. The molecule has 2 heterocycles. The maximum Gasteiger partial charge on any atom is 0.253 e. The summed E-state index contributed by atoms with van der Waals surface area (Å²) in [4.78, 5) is 16.7. The van der Waals surface area contributed by atoms with Gasteiger partial charge in [-0.25, -0.2) is 0 Å². The third-order valence-electron chi connectivity index (χ3n) is 5.46. The normalized spacial score (nSPS) is 20.1. The van der Waals surface area contributed by atoms with Gasteiger partial charge in [-0.2, -0.15) is 5.10 Å². The molecule has 146 valence electrons. The summed E-state index contributed by atoms with van der Waals surface area (Å²) in [6.45, 7) is 9.30.